The van der Waals surface area contributed by atoms with Gasteiger partial charge in [-0.15, -0.1) is 0 Å². The van der Waals surface area contributed by atoms with Crippen molar-refractivity contribution in [2.24, 2.45) is 0 Å². The Labute approximate surface area is 55.1 Å². The first-order chi connectivity index (χ1) is 4.12. The lowest BCUT2D eigenvalue weighted by Crippen LogP contribution is -2.42. The van der Waals surface area contributed by atoms with E-state index in [2.05, 4.69) is 5.32 Å². The van der Waals surface area contributed by atoms with E-state index in [1.54, 1.807) is 13.8 Å². The largest absolute Gasteiger partial charge is 0.395 e. The monoisotopic (exact) mass is 135 g/mol. The lowest BCUT2D eigenvalue weighted by Gasteiger charge is -2.21. The average Bonchev–Trinajstić information content (AvgIpc) is 1.84. The van der Waals surface area contributed by atoms with E-state index in [-0.39, 0.29) is 6.61 Å². The van der Waals surface area contributed by atoms with Crippen molar-refractivity contribution in [3.05, 3.63) is 0 Å². The molecular weight excluding hydrogens is 121 g/mol. The van der Waals surface area contributed by atoms with E-state index in [1.807, 2.05) is 0 Å². The van der Waals surface area contributed by atoms with Crippen LogP contribution in [-0.2, 0) is 0 Å². The predicted octanol–water partition coefficient (Wildman–Crippen LogP) is 0.316. The molecule has 2 N–H and O–H groups in total. The summed E-state index contributed by atoms with van der Waals surface area (Å²) in [6.07, 6.45) is 0. The van der Waals surface area contributed by atoms with Crippen molar-refractivity contribution in [1.29, 1.82) is 0 Å². The molecule has 0 heterocycles. The zero-order valence-corrected chi connectivity index (χ0v) is 5.95. The van der Waals surface area contributed by atoms with Crippen LogP contribution in [0.15, 0.2) is 0 Å². The highest BCUT2D eigenvalue weighted by molar-refractivity contribution is 4.75. The lowest BCUT2D eigenvalue weighted by atomic mass is 10.1. The summed E-state index contributed by atoms with van der Waals surface area (Å²) in [5.41, 5.74) is -0.483. The molecular formula is C6H14FNO. The summed E-state index contributed by atoms with van der Waals surface area (Å²) in [6.45, 7) is 3.61. The highest BCUT2D eigenvalue weighted by Gasteiger charge is 2.14. The SMILES string of the molecule is CC(C)(CF)NCCO. The van der Waals surface area contributed by atoms with Gasteiger partial charge in [0.1, 0.15) is 6.67 Å². The Morgan fingerprint density at radius 1 is 1.56 bits per heavy atom. The summed E-state index contributed by atoms with van der Waals surface area (Å²) >= 11 is 0. The Morgan fingerprint density at radius 3 is 2.44 bits per heavy atom. The van der Waals surface area contributed by atoms with E-state index >= 15 is 0 Å². The van der Waals surface area contributed by atoms with Gasteiger partial charge in [-0.1, -0.05) is 0 Å². The molecule has 0 radical (unpaired) electrons. The standard InChI is InChI=1S/C6H14FNO/c1-6(2,5-7)8-3-4-9/h8-9H,3-5H2,1-2H3. The molecule has 0 saturated heterocycles. The van der Waals surface area contributed by atoms with E-state index in [4.69, 9.17) is 5.11 Å². The second-order valence-electron chi connectivity index (χ2n) is 2.67. The molecule has 0 aliphatic rings. The normalized spacial score (nSPS) is 12.0. The molecule has 0 aliphatic heterocycles. The zero-order valence-electron chi connectivity index (χ0n) is 5.95. The van der Waals surface area contributed by atoms with Gasteiger partial charge in [0.25, 0.3) is 0 Å². The number of rotatable bonds is 4. The highest BCUT2D eigenvalue weighted by Crippen LogP contribution is 2.00. The van der Waals surface area contributed by atoms with E-state index < -0.39 is 12.2 Å². The Kier molecular flexibility index (Phi) is 3.73. The maximum Gasteiger partial charge on any atom is 0.107 e. The highest BCUT2D eigenvalue weighted by atomic mass is 19.1. The molecule has 0 saturated carbocycles. The van der Waals surface area contributed by atoms with Crippen LogP contribution in [0.2, 0.25) is 0 Å². The Bertz CT molecular complexity index is 75.5. The summed E-state index contributed by atoms with van der Waals surface area (Å²) in [4.78, 5) is 0. The van der Waals surface area contributed by atoms with E-state index in [1.165, 1.54) is 0 Å². The number of hydrogen-bond acceptors (Lipinski definition) is 2. The molecule has 0 rings (SSSR count). The molecule has 56 valence electrons. The zero-order chi connectivity index (χ0) is 7.33. The van der Waals surface area contributed by atoms with Gasteiger partial charge in [0, 0.05) is 12.1 Å². The number of aliphatic hydroxyl groups excluding tert-OH is 1. The summed E-state index contributed by atoms with van der Waals surface area (Å²) in [5.74, 6) is 0. The van der Waals surface area contributed by atoms with Crippen LogP contribution in [0.5, 0.6) is 0 Å². The van der Waals surface area contributed by atoms with Crippen molar-refractivity contribution in [2.45, 2.75) is 19.4 Å². The third-order valence-corrected chi connectivity index (χ3v) is 1.05. The first-order valence-corrected chi connectivity index (χ1v) is 3.04. The molecule has 0 atom stereocenters. The predicted molar refractivity (Wildman–Crippen MR) is 35.1 cm³/mol. The van der Waals surface area contributed by atoms with Gasteiger partial charge in [0.2, 0.25) is 0 Å². The third-order valence-electron chi connectivity index (χ3n) is 1.05. The molecule has 0 aliphatic carbocycles. The molecule has 9 heavy (non-hydrogen) atoms. The van der Waals surface area contributed by atoms with Crippen LogP contribution < -0.4 is 5.32 Å². The van der Waals surface area contributed by atoms with Crippen molar-refractivity contribution >= 4 is 0 Å². The van der Waals surface area contributed by atoms with Gasteiger partial charge in [-0.05, 0) is 13.8 Å². The lowest BCUT2D eigenvalue weighted by molar-refractivity contribution is 0.240. The Balaban J connectivity index is 3.33. The molecule has 0 amide bonds. The van der Waals surface area contributed by atoms with Gasteiger partial charge < -0.3 is 10.4 Å². The van der Waals surface area contributed by atoms with Crippen LogP contribution in [0.1, 0.15) is 13.8 Å². The minimum absolute atomic E-state index is 0.0590. The summed E-state index contributed by atoms with van der Waals surface area (Å²) in [5, 5.41) is 11.2. The fraction of sp³-hybridized carbons (Fsp3) is 1.00. The molecule has 0 bridgehead atoms. The number of nitrogens with one attached hydrogen (secondary N) is 1. The Morgan fingerprint density at radius 2 is 2.11 bits per heavy atom. The van der Waals surface area contributed by atoms with E-state index in [0.717, 1.165) is 0 Å². The van der Waals surface area contributed by atoms with Crippen LogP contribution >= 0.6 is 0 Å². The Hall–Kier alpha value is -0.150. The van der Waals surface area contributed by atoms with Crippen molar-refractivity contribution < 1.29 is 9.50 Å². The molecule has 0 unspecified atom stereocenters. The maximum atomic E-state index is 12.0. The fourth-order valence-electron chi connectivity index (χ4n) is 0.442. The number of alkyl halides is 1. The van der Waals surface area contributed by atoms with Crippen molar-refractivity contribution in [3.63, 3.8) is 0 Å². The summed E-state index contributed by atoms with van der Waals surface area (Å²) in [6, 6.07) is 0. The molecule has 0 aromatic rings. The molecule has 2 nitrogen and oxygen atoms in total. The van der Waals surface area contributed by atoms with Gasteiger partial charge in [-0.25, -0.2) is 4.39 Å². The number of aliphatic hydroxyl groups is 1. The number of hydrogen-bond donors (Lipinski definition) is 2. The maximum absolute atomic E-state index is 12.0. The summed E-state index contributed by atoms with van der Waals surface area (Å²) in [7, 11) is 0. The van der Waals surface area contributed by atoms with E-state index in [9.17, 15) is 4.39 Å². The quantitative estimate of drug-likeness (QED) is 0.581. The summed E-state index contributed by atoms with van der Waals surface area (Å²) < 4.78 is 12.0. The topological polar surface area (TPSA) is 32.3 Å². The molecule has 0 spiro atoms. The molecule has 3 heteroatoms. The number of halogens is 1. The second-order valence-corrected chi connectivity index (χ2v) is 2.67. The van der Waals surface area contributed by atoms with Gasteiger partial charge >= 0.3 is 0 Å². The smallest absolute Gasteiger partial charge is 0.107 e. The van der Waals surface area contributed by atoms with Crippen LogP contribution in [0, 0.1) is 0 Å². The van der Waals surface area contributed by atoms with Crippen LogP contribution in [0.4, 0.5) is 4.39 Å². The third kappa shape index (κ3) is 4.36. The minimum Gasteiger partial charge on any atom is -0.395 e. The van der Waals surface area contributed by atoms with Crippen molar-refractivity contribution in [3.8, 4) is 0 Å². The minimum atomic E-state index is -0.483. The molecule has 0 aromatic carbocycles. The van der Waals surface area contributed by atoms with Gasteiger partial charge in [-0.2, -0.15) is 0 Å². The fourth-order valence-corrected chi connectivity index (χ4v) is 0.442. The van der Waals surface area contributed by atoms with Crippen molar-refractivity contribution in [1.82, 2.24) is 5.32 Å². The van der Waals surface area contributed by atoms with Gasteiger partial charge in [0.05, 0.1) is 6.61 Å². The van der Waals surface area contributed by atoms with Crippen molar-refractivity contribution in [2.75, 3.05) is 19.8 Å². The van der Waals surface area contributed by atoms with E-state index in [0.29, 0.717) is 6.54 Å². The van der Waals surface area contributed by atoms with Gasteiger partial charge in [0.15, 0.2) is 0 Å². The molecule has 0 aromatic heterocycles. The van der Waals surface area contributed by atoms with Crippen LogP contribution in [0.3, 0.4) is 0 Å². The first kappa shape index (κ1) is 8.85. The average molecular weight is 135 g/mol. The van der Waals surface area contributed by atoms with Crippen LogP contribution in [0.25, 0.3) is 0 Å². The van der Waals surface area contributed by atoms with Crippen LogP contribution in [-0.4, -0.2) is 30.5 Å². The number of β-amino-alcohol motifs (C(OH)–C–C–N with tert-alkyl or cyclic N) is 1. The van der Waals surface area contributed by atoms with Gasteiger partial charge in [-0.3, -0.25) is 0 Å². The second kappa shape index (κ2) is 3.80. The molecule has 0 fully saturated rings. The first-order valence-electron chi connectivity index (χ1n) is 3.04.